The van der Waals surface area contributed by atoms with Crippen molar-refractivity contribution in [1.29, 1.82) is 0 Å². The molecule has 0 unspecified atom stereocenters. The smallest absolute Gasteiger partial charge is 0.163 e. The molecule has 1 saturated heterocycles. The van der Waals surface area contributed by atoms with Gasteiger partial charge in [0.05, 0.1) is 16.8 Å². The Kier molecular flexibility index (Phi) is 8.06. The number of carbonyl (C=O) groups is 1. The molecule has 2 heterocycles. The molecule has 2 aliphatic rings. The minimum Gasteiger partial charge on any atom is -0.381 e. The number of aromatic nitrogens is 1. The van der Waals surface area contributed by atoms with Gasteiger partial charge in [-0.25, -0.2) is 0 Å². The Balaban J connectivity index is 1.43. The molecule has 2 fully saturated rings. The Hall–Kier alpha value is -2.18. The first-order chi connectivity index (χ1) is 17.8. The van der Waals surface area contributed by atoms with E-state index in [0.29, 0.717) is 27.6 Å². The molecule has 1 aliphatic carbocycles. The van der Waals surface area contributed by atoms with E-state index in [2.05, 4.69) is 33.2 Å². The Bertz CT molecular complexity index is 1280. The van der Waals surface area contributed by atoms with Crippen LogP contribution in [0.4, 0.5) is 5.69 Å². The molecule has 1 N–H and O–H groups in total. The second-order valence-electron chi connectivity index (χ2n) is 10.9. The molecule has 1 aliphatic heterocycles. The van der Waals surface area contributed by atoms with Gasteiger partial charge in [0, 0.05) is 60.4 Å². The minimum absolute atomic E-state index is 0.0218. The number of pyridine rings is 1. The van der Waals surface area contributed by atoms with E-state index in [0.717, 1.165) is 72.3 Å². The van der Waals surface area contributed by atoms with Gasteiger partial charge in [-0.3, -0.25) is 9.78 Å². The number of carbonyl (C=O) groups excluding carboxylic acids is 1. The van der Waals surface area contributed by atoms with E-state index < -0.39 is 0 Å². The number of nitrogens with one attached hydrogen (secondary N) is 1. The zero-order valence-electron chi connectivity index (χ0n) is 22.0. The number of piperazine rings is 1. The molecule has 5 nitrogen and oxygen atoms in total. The molecule has 5 rings (SSSR count). The zero-order chi connectivity index (χ0) is 26.1. The summed E-state index contributed by atoms with van der Waals surface area (Å²) in [6, 6.07) is 10.4. The standard InChI is InChI=1S/C30H36Cl2N4O/c1-19-27(31)15-23(16-28(19)32)22-7-8-29-25(14-22)30(26(17-33-29)20(2)37)34-24-6-4-5-21(13-24)18-36-11-9-35(3)10-12-36/h7-8,14-17,21,24H,4-6,9-13,18H2,1-3H3,(H,33,34)/t21-,24+/m1/s1. The first kappa shape index (κ1) is 26.4. The number of anilines is 1. The Morgan fingerprint density at radius 1 is 1.05 bits per heavy atom. The largest absolute Gasteiger partial charge is 0.381 e. The fourth-order valence-corrected chi connectivity index (χ4v) is 6.28. The molecule has 3 aromatic rings. The third-order valence-corrected chi connectivity index (χ3v) is 8.89. The summed E-state index contributed by atoms with van der Waals surface area (Å²) >= 11 is 12.9. The van der Waals surface area contributed by atoms with Crippen LogP contribution in [-0.2, 0) is 0 Å². The van der Waals surface area contributed by atoms with Crippen molar-refractivity contribution in [1.82, 2.24) is 14.8 Å². The number of hydrogen-bond donors (Lipinski definition) is 1. The molecule has 1 saturated carbocycles. The number of halogens is 2. The molecule has 0 radical (unpaired) electrons. The summed E-state index contributed by atoms with van der Waals surface area (Å²) < 4.78 is 0. The molecule has 0 bridgehead atoms. The molecule has 2 aromatic carbocycles. The van der Waals surface area contributed by atoms with Crippen molar-refractivity contribution in [3.05, 3.63) is 57.7 Å². The van der Waals surface area contributed by atoms with Crippen LogP contribution in [0.5, 0.6) is 0 Å². The average molecular weight is 540 g/mol. The molecule has 1 aromatic heterocycles. The number of ketones is 1. The first-order valence-corrected chi connectivity index (χ1v) is 14.1. The van der Waals surface area contributed by atoms with Crippen LogP contribution in [0.1, 0.15) is 48.5 Å². The lowest BCUT2D eigenvalue weighted by Gasteiger charge is -2.37. The molecule has 0 amide bonds. The van der Waals surface area contributed by atoms with Crippen LogP contribution in [0.2, 0.25) is 10.0 Å². The third-order valence-electron chi connectivity index (χ3n) is 8.11. The van der Waals surface area contributed by atoms with Crippen LogP contribution in [0, 0.1) is 12.8 Å². The molecule has 7 heteroatoms. The predicted octanol–water partition coefficient (Wildman–Crippen LogP) is 6.94. The second kappa shape index (κ2) is 11.3. The number of rotatable bonds is 6. The molecule has 37 heavy (non-hydrogen) atoms. The normalized spacial score (nSPS) is 21.3. The van der Waals surface area contributed by atoms with Gasteiger partial charge in [0.2, 0.25) is 0 Å². The van der Waals surface area contributed by atoms with Crippen LogP contribution < -0.4 is 5.32 Å². The lowest BCUT2D eigenvalue weighted by Crippen LogP contribution is -2.46. The fourth-order valence-electron chi connectivity index (χ4n) is 5.79. The van der Waals surface area contributed by atoms with Crippen molar-refractivity contribution in [2.24, 2.45) is 5.92 Å². The Morgan fingerprint density at radius 2 is 1.78 bits per heavy atom. The van der Waals surface area contributed by atoms with E-state index in [1.165, 1.54) is 19.4 Å². The molecular formula is C30H36Cl2N4O. The van der Waals surface area contributed by atoms with E-state index in [4.69, 9.17) is 23.2 Å². The van der Waals surface area contributed by atoms with E-state index in [9.17, 15) is 4.79 Å². The lowest BCUT2D eigenvalue weighted by molar-refractivity contribution is 0.101. The van der Waals surface area contributed by atoms with Gasteiger partial charge in [0.25, 0.3) is 0 Å². The predicted molar refractivity (Wildman–Crippen MR) is 155 cm³/mol. The minimum atomic E-state index is 0.0218. The highest BCUT2D eigenvalue weighted by Gasteiger charge is 2.26. The summed E-state index contributed by atoms with van der Waals surface area (Å²) in [7, 11) is 2.21. The quantitative estimate of drug-likeness (QED) is 0.344. The molecule has 196 valence electrons. The van der Waals surface area contributed by atoms with Gasteiger partial charge in [0.1, 0.15) is 0 Å². The summed E-state index contributed by atoms with van der Waals surface area (Å²) in [6.45, 7) is 9.32. The monoisotopic (exact) mass is 538 g/mol. The Morgan fingerprint density at radius 3 is 2.49 bits per heavy atom. The third kappa shape index (κ3) is 5.96. The van der Waals surface area contributed by atoms with E-state index in [-0.39, 0.29) is 5.78 Å². The van der Waals surface area contributed by atoms with Gasteiger partial charge in [-0.2, -0.15) is 0 Å². The highest BCUT2D eigenvalue weighted by atomic mass is 35.5. The van der Waals surface area contributed by atoms with Gasteiger partial charge >= 0.3 is 0 Å². The van der Waals surface area contributed by atoms with Crippen molar-refractivity contribution in [3.8, 4) is 11.1 Å². The van der Waals surface area contributed by atoms with Crippen molar-refractivity contribution in [2.45, 2.75) is 45.6 Å². The number of benzene rings is 2. The van der Waals surface area contributed by atoms with Crippen LogP contribution in [0.25, 0.3) is 22.0 Å². The fraction of sp³-hybridized carbons (Fsp3) is 0.467. The van der Waals surface area contributed by atoms with Crippen molar-refractivity contribution in [2.75, 3.05) is 45.1 Å². The number of Topliss-reactive ketones (excluding diaryl/α,β-unsaturated/α-hetero) is 1. The second-order valence-corrected chi connectivity index (χ2v) is 11.7. The van der Waals surface area contributed by atoms with Crippen molar-refractivity contribution in [3.63, 3.8) is 0 Å². The zero-order valence-corrected chi connectivity index (χ0v) is 23.5. The number of hydrogen-bond acceptors (Lipinski definition) is 5. The highest BCUT2D eigenvalue weighted by molar-refractivity contribution is 6.36. The number of nitrogens with zero attached hydrogens (tertiary/aromatic N) is 3. The maximum absolute atomic E-state index is 12.7. The van der Waals surface area contributed by atoms with Gasteiger partial charge in [-0.1, -0.05) is 35.7 Å². The first-order valence-electron chi connectivity index (χ1n) is 13.4. The number of fused-ring (bicyclic) bond motifs is 1. The summed E-state index contributed by atoms with van der Waals surface area (Å²) in [5.74, 6) is 0.699. The summed E-state index contributed by atoms with van der Waals surface area (Å²) in [6.07, 6.45) is 6.44. The van der Waals surface area contributed by atoms with Crippen LogP contribution in [0.3, 0.4) is 0 Å². The van der Waals surface area contributed by atoms with Crippen LogP contribution in [-0.4, -0.2) is 66.4 Å². The van der Waals surface area contributed by atoms with Crippen LogP contribution >= 0.6 is 23.2 Å². The summed E-state index contributed by atoms with van der Waals surface area (Å²) in [5.41, 5.74) is 5.23. The molecule has 0 spiro atoms. The van der Waals surface area contributed by atoms with E-state index in [1.807, 2.05) is 31.2 Å². The maximum atomic E-state index is 12.7. The van der Waals surface area contributed by atoms with Crippen LogP contribution in [0.15, 0.2) is 36.5 Å². The van der Waals surface area contributed by atoms with Gasteiger partial charge in [-0.05, 0) is 87.0 Å². The lowest BCUT2D eigenvalue weighted by atomic mass is 9.84. The van der Waals surface area contributed by atoms with Crippen molar-refractivity contribution < 1.29 is 4.79 Å². The average Bonchev–Trinajstić information content (AvgIpc) is 2.88. The van der Waals surface area contributed by atoms with E-state index in [1.54, 1.807) is 13.1 Å². The van der Waals surface area contributed by atoms with Gasteiger partial charge < -0.3 is 15.1 Å². The summed E-state index contributed by atoms with van der Waals surface area (Å²) in [5, 5.41) is 6.06. The number of likely N-dealkylation sites (N-methyl/N-ethyl adjacent to an activating group) is 1. The van der Waals surface area contributed by atoms with Gasteiger partial charge in [-0.15, -0.1) is 0 Å². The molecule has 2 atom stereocenters. The maximum Gasteiger partial charge on any atom is 0.163 e. The highest BCUT2D eigenvalue weighted by Crippen LogP contribution is 2.36. The van der Waals surface area contributed by atoms with Gasteiger partial charge in [0.15, 0.2) is 5.78 Å². The van der Waals surface area contributed by atoms with E-state index >= 15 is 0 Å². The Labute approximate surface area is 230 Å². The molecular weight excluding hydrogens is 503 g/mol. The van der Waals surface area contributed by atoms with Crippen molar-refractivity contribution >= 4 is 45.6 Å². The SMILES string of the molecule is CC(=O)c1cnc2ccc(-c3cc(Cl)c(C)c(Cl)c3)cc2c1N[C@H]1CCC[C@@H](CN2CCN(C)CC2)C1. The topological polar surface area (TPSA) is 48.5 Å². The summed E-state index contributed by atoms with van der Waals surface area (Å²) in [4.78, 5) is 22.3.